The Morgan fingerprint density at radius 3 is 2.67 bits per heavy atom. The Labute approximate surface area is 126 Å². The maximum Gasteiger partial charge on any atom is 0.168 e. The summed E-state index contributed by atoms with van der Waals surface area (Å²) in [4.78, 5) is 0. The van der Waals surface area contributed by atoms with Crippen molar-refractivity contribution in [1.29, 1.82) is 0 Å². The van der Waals surface area contributed by atoms with Crippen molar-refractivity contribution in [2.75, 3.05) is 0 Å². The van der Waals surface area contributed by atoms with Crippen molar-refractivity contribution in [2.45, 2.75) is 25.4 Å². The fraction of sp³-hybridized carbons (Fsp3) is 0.250. The van der Waals surface area contributed by atoms with Crippen LogP contribution in [0.5, 0.6) is 11.5 Å². The molecule has 21 heavy (non-hydrogen) atoms. The number of halogens is 3. The zero-order chi connectivity index (χ0) is 14.8. The Morgan fingerprint density at radius 2 is 1.95 bits per heavy atom. The van der Waals surface area contributed by atoms with Crippen LogP contribution in [-0.2, 0) is 6.54 Å². The van der Waals surface area contributed by atoms with Crippen molar-refractivity contribution in [3.8, 4) is 11.5 Å². The molecule has 2 nitrogen and oxygen atoms in total. The highest BCUT2D eigenvalue weighted by atomic mass is 35.5. The van der Waals surface area contributed by atoms with E-state index in [4.69, 9.17) is 16.3 Å². The molecule has 0 atom stereocenters. The third-order valence-electron chi connectivity index (χ3n) is 3.33. The van der Waals surface area contributed by atoms with E-state index in [-0.39, 0.29) is 5.75 Å². The summed E-state index contributed by atoms with van der Waals surface area (Å²) in [5.74, 6) is -0.926. The van der Waals surface area contributed by atoms with E-state index in [2.05, 4.69) is 5.32 Å². The second-order valence-corrected chi connectivity index (χ2v) is 5.46. The predicted octanol–water partition coefficient (Wildman–Crippen LogP) is 4.66. The Hall–Kier alpha value is -1.65. The van der Waals surface area contributed by atoms with E-state index in [0.717, 1.165) is 30.5 Å². The third-order valence-corrected chi connectivity index (χ3v) is 3.69. The van der Waals surface area contributed by atoms with Crippen LogP contribution < -0.4 is 10.1 Å². The van der Waals surface area contributed by atoms with Crippen molar-refractivity contribution in [1.82, 2.24) is 5.32 Å². The fourth-order valence-corrected chi connectivity index (χ4v) is 2.25. The normalized spacial score (nSPS) is 14.2. The summed E-state index contributed by atoms with van der Waals surface area (Å²) in [6, 6.07) is 8.96. The lowest BCUT2D eigenvalue weighted by atomic mass is 10.2. The molecular formula is C16H14ClF2NO. The van der Waals surface area contributed by atoms with E-state index in [1.54, 1.807) is 18.2 Å². The molecule has 0 aliphatic heterocycles. The van der Waals surface area contributed by atoms with Gasteiger partial charge in [0, 0.05) is 29.2 Å². The Morgan fingerprint density at radius 1 is 1.14 bits per heavy atom. The van der Waals surface area contributed by atoms with Crippen LogP contribution in [0, 0.1) is 11.6 Å². The van der Waals surface area contributed by atoms with Gasteiger partial charge in [0.2, 0.25) is 0 Å². The van der Waals surface area contributed by atoms with Gasteiger partial charge in [0.05, 0.1) is 0 Å². The van der Waals surface area contributed by atoms with Crippen molar-refractivity contribution < 1.29 is 13.5 Å². The van der Waals surface area contributed by atoms with Gasteiger partial charge in [-0.15, -0.1) is 0 Å². The van der Waals surface area contributed by atoms with Crippen molar-refractivity contribution in [2.24, 2.45) is 0 Å². The molecule has 2 aromatic carbocycles. The van der Waals surface area contributed by atoms with Crippen molar-refractivity contribution in [3.05, 3.63) is 58.6 Å². The Kier molecular flexibility index (Phi) is 4.08. The summed E-state index contributed by atoms with van der Waals surface area (Å²) in [7, 11) is 0. The van der Waals surface area contributed by atoms with Crippen LogP contribution in [0.3, 0.4) is 0 Å². The Bertz CT molecular complexity index is 659. The minimum absolute atomic E-state index is 0.0219. The van der Waals surface area contributed by atoms with Gasteiger partial charge in [-0.05, 0) is 37.1 Å². The van der Waals surface area contributed by atoms with E-state index < -0.39 is 11.6 Å². The van der Waals surface area contributed by atoms with Crippen LogP contribution in [0.1, 0.15) is 18.4 Å². The average molecular weight is 310 g/mol. The van der Waals surface area contributed by atoms with Crippen LogP contribution in [-0.4, -0.2) is 6.04 Å². The smallest absolute Gasteiger partial charge is 0.168 e. The van der Waals surface area contributed by atoms with Crippen LogP contribution in [0.2, 0.25) is 5.02 Å². The molecule has 0 saturated heterocycles. The molecule has 0 amide bonds. The minimum atomic E-state index is -0.740. The number of rotatable bonds is 5. The monoisotopic (exact) mass is 309 g/mol. The SMILES string of the molecule is Fc1ccc(Oc2cccc(Cl)c2CNC2CC2)c(F)c1. The van der Waals surface area contributed by atoms with E-state index in [1.165, 1.54) is 6.07 Å². The van der Waals surface area contributed by atoms with Crippen LogP contribution >= 0.6 is 11.6 Å². The van der Waals surface area contributed by atoms with Gasteiger partial charge in [0.15, 0.2) is 11.6 Å². The number of nitrogens with one attached hydrogen (secondary N) is 1. The molecule has 3 rings (SSSR count). The largest absolute Gasteiger partial charge is 0.454 e. The summed E-state index contributed by atoms with van der Waals surface area (Å²) in [5, 5.41) is 3.90. The van der Waals surface area contributed by atoms with Gasteiger partial charge >= 0.3 is 0 Å². The van der Waals surface area contributed by atoms with Crippen molar-refractivity contribution in [3.63, 3.8) is 0 Å². The van der Waals surface area contributed by atoms with Crippen LogP contribution in [0.25, 0.3) is 0 Å². The summed E-state index contributed by atoms with van der Waals surface area (Å²) in [5.41, 5.74) is 0.773. The molecule has 0 unspecified atom stereocenters. The molecule has 0 radical (unpaired) electrons. The van der Waals surface area contributed by atoms with E-state index >= 15 is 0 Å². The number of hydrogen-bond acceptors (Lipinski definition) is 2. The van der Waals surface area contributed by atoms with Gasteiger partial charge in [0.25, 0.3) is 0 Å². The topological polar surface area (TPSA) is 21.3 Å². The summed E-state index contributed by atoms with van der Waals surface area (Å²) >= 11 is 6.19. The molecule has 5 heteroatoms. The lowest BCUT2D eigenvalue weighted by Crippen LogP contribution is -2.16. The standard InChI is InChI=1S/C16H14ClF2NO/c17-13-2-1-3-15(12(13)9-20-11-5-6-11)21-16-7-4-10(18)8-14(16)19/h1-4,7-8,11,20H,5-6,9H2. The first-order valence-corrected chi connectivity index (χ1v) is 7.15. The fourth-order valence-electron chi connectivity index (χ4n) is 2.02. The quantitative estimate of drug-likeness (QED) is 0.867. The highest BCUT2D eigenvalue weighted by Gasteiger charge is 2.21. The first kappa shape index (κ1) is 14.3. The first-order valence-electron chi connectivity index (χ1n) is 6.77. The lowest BCUT2D eigenvalue weighted by molar-refractivity contribution is 0.431. The third kappa shape index (κ3) is 3.52. The summed E-state index contributed by atoms with van der Waals surface area (Å²) in [6.07, 6.45) is 2.32. The molecule has 1 aliphatic carbocycles. The molecule has 0 aromatic heterocycles. The van der Waals surface area contributed by atoms with Gasteiger partial charge in [-0.25, -0.2) is 8.78 Å². The molecule has 1 saturated carbocycles. The minimum Gasteiger partial charge on any atom is -0.454 e. The van der Waals surface area contributed by atoms with Gasteiger partial charge in [-0.2, -0.15) is 0 Å². The maximum atomic E-state index is 13.7. The first-order chi connectivity index (χ1) is 10.1. The van der Waals surface area contributed by atoms with Gasteiger partial charge in [-0.1, -0.05) is 17.7 Å². The average Bonchev–Trinajstić information content (AvgIpc) is 3.25. The van der Waals surface area contributed by atoms with Crippen molar-refractivity contribution >= 4 is 11.6 Å². The zero-order valence-electron chi connectivity index (χ0n) is 11.2. The molecule has 1 aliphatic rings. The zero-order valence-corrected chi connectivity index (χ0v) is 12.0. The lowest BCUT2D eigenvalue weighted by Gasteiger charge is -2.13. The second-order valence-electron chi connectivity index (χ2n) is 5.05. The number of benzene rings is 2. The van der Waals surface area contributed by atoms with Crippen LogP contribution in [0.4, 0.5) is 8.78 Å². The number of hydrogen-bond donors (Lipinski definition) is 1. The molecule has 0 bridgehead atoms. The highest BCUT2D eigenvalue weighted by molar-refractivity contribution is 6.31. The van der Waals surface area contributed by atoms with E-state index in [0.29, 0.717) is 23.4 Å². The van der Waals surface area contributed by atoms with E-state index in [1.807, 2.05) is 0 Å². The van der Waals surface area contributed by atoms with Gasteiger partial charge in [0.1, 0.15) is 11.6 Å². The molecule has 0 spiro atoms. The molecule has 110 valence electrons. The molecule has 0 heterocycles. The Balaban J connectivity index is 1.84. The van der Waals surface area contributed by atoms with Gasteiger partial charge in [-0.3, -0.25) is 0 Å². The molecule has 2 aromatic rings. The summed E-state index contributed by atoms with van der Waals surface area (Å²) in [6.45, 7) is 0.558. The maximum absolute atomic E-state index is 13.7. The summed E-state index contributed by atoms with van der Waals surface area (Å²) < 4.78 is 32.2. The highest BCUT2D eigenvalue weighted by Crippen LogP contribution is 2.32. The van der Waals surface area contributed by atoms with E-state index in [9.17, 15) is 8.78 Å². The second kappa shape index (κ2) is 6.00. The van der Waals surface area contributed by atoms with Crippen LogP contribution in [0.15, 0.2) is 36.4 Å². The molecule has 1 N–H and O–H groups in total. The molecule has 1 fully saturated rings. The number of ether oxygens (including phenoxy) is 1. The van der Waals surface area contributed by atoms with Gasteiger partial charge < -0.3 is 10.1 Å². The molecular weight excluding hydrogens is 296 g/mol. The predicted molar refractivity (Wildman–Crippen MR) is 77.7 cm³/mol.